The Bertz CT molecular complexity index is 414. The molecule has 1 saturated heterocycles. The van der Waals surface area contributed by atoms with Gasteiger partial charge in [-0.2, -0.15) is 0 Å². The number of nitrogens with one attached hydrogen (secondary N) is 2. The maximum Gasteiger partial charge on any atom is 0.224 e. The highest BCUT2D eigenvalue weighted by atomic mass is 16.5. The first-order chi connectivity index (χ1) is 9.29. The number of carbonyl (C=O) groups is 1. The summed E-state index contributed by atoms with van der Waals surface area (Å²) < 4.78 is 5.18. The third kappa shape index (κ3) is 4.24. The van der Waals surface area contributed by atoms with Gasteiger partial charge in [-0.1, -0.05) is 12.1 Å². The normalized spacial score (nSPS) is 18.9. The fourth-order valence-electron chi connectivity index (χ4n) is 2.38. The van der Waals surface area contributed by atoms with E-state index in [0.717, 1.165) is 38.1 Å². The maximum atomic E-state index is 11.9. The quantitative estimate of drug-likeness (QED) is 0.842. The minimum absolute atomic E-state index is 0.138. The molecule has 0 spiro atoms. The first-order valence-corrected chi connectivity index (χ1v) is 6.91. The molecule has 0 aromatic heterocycles. The van der Waals surface area contributed by atoms with Crippen molar-refractivity contribution in [3.63, 3.8) is 0 Å². The largest absolute Gasteiger partial charge is 0.497 e. The van der Waals surface area contributed by atoms with Crippen LogP contribution in [-0.2, 0) is 11.2 Å². The summed E-state index contributed by atoms with van der Waals surface area (Å²) in [5.74, 6) is 1.18. The second kappa shape index (κ2) is 7.14. The molecule has 19 heavy (non-hydrogen) atoms. The van der Waals surface area contributed by atoms with E-state index in [1.807, 2.05) is 18.2 Å². The lowest BCUT2D eigenvalue weighted by molar-refractivity contribution is -0.125. The topological polar surface area (TPSA) is 50.4 Å². The standard InChI is InChI=1S/C15H22N2O2/c1-19-14-6-2-4-12(10-14)7-9-17-15(18)13-5-3-8-16-11-13/h2,4,6,10,13,16H,3,5,7-9,11H2,1H3,(H,17,18)/t13-/m1/s1. The molecule has 0 unspecified atom stereocenters. The summed E-state index contributed by atoms with van der Waals surface area (Å²) in [5, 5.41) is 6.28. The molecule has 2 rings (SSSR count). The number of ether oxygens (including phenoxy) is 1. The minimum atomic E-state index is 0.138. The van der Waals surface area contributed by atoms with E-state index in [1.54, 1.807) is 7.11 Å². The first-order valence-electron chi connectivity index (χ1n) is 6.91. The van der Waals surface area contributed by atoms with Crippen LogP contribution in [0.4, 0.5) is 0 Å². The summed E-state index contributed by atoms with van der Waals surface area (Å²) in [6.45, 7) is 2.53. The average Bonchev–Trinajstić information content (AvgIpc) is 2.48. The molecule has 1 atom stereocenters. The summed E-state index contributed by atoms with van der Waals surface area (Å²) in [7, 11) is 1.66. The van der Waals surface area contributed by atoms with Gasteiger partial charge < -0.3 is 15.4 Å². The smallest absolute Gasteiger partial charge is 0.224 e. The molecule has 1 amide bonds. The van der Waals surface area contributed by atoms with Crippen molar-refractivity contribution in [2.45, 2.75) is 19.3 Å². The minimum Gasteiger partial charge on any atom is -0.497 e. The molecule has 1 heterocycles. The number of carbonyl (C=O) groups excluding carboxylic acids is 1. The van der Waals surface area contributed by atoms with Crippen molar-refractivity contribution >= 4 is 5.91 Å². The lowest BCUT2D eigenvalue weighted by atomic mass is 9.99. The van der Waals surface area contributed by atoms with Gasteiger partial charge in [-0.15, -0.1) is 0 Å². The van der Waals surface area contributed by atoms with E-state index in [1.165, 1.54) is 5.56 Å². The molecular weight excluding hydrogens is 240 g/mol. The Morgan fingerprint density at radius 3 is 3.16 bits per heavy atom. The van der Waals surface area contributed by atoms with E-state index < -0.39 is 0 Å². The number of piperidine rings is 1. The van der Waals surface area contributed by atoms with Gasteiger partial charge in [0.2, 0.25) is 5.91 Å². The van der Waals surface area contributed by atoms with Crippen LogP contribution in [-0.4, -0.2) is 32.7 Å². The third-order valence-electron chi connectivity index (χ3n) is 3.51. The molecule has 1 aliphatic rings. The summed E-state index contributed by atoms with van der Waals surface area (Å²) in [6, 6.07) is 7.96. The van der Waals surface area contributed by atoms with E-state index >= 15 is 0 Å². The number of hydrogen-bond donors (Lipinski definition) is 2. The summed E-state index contributed by atoms with van der Waals surface area (Å²) in [5.41, 5.74) is 1.18. The second-order valence-corrected chi connectivity index (χ2v) is 4.94. The molecule has 0 saturated carbocycles. The molecule has 104 valence electrons. The predicted molar refractivity (Wildman–Crippen MR) is 75.3 cm³/mol. The second-order valence-electron chi connectivity index (χ2n) is 4.94. The SMILES string of the molecule is COc1cccc(CCNC(=O)[C@@H]2CCCNC2)c1. The van der Waals surface area contributed by atoms with Crippen LogP contribution in [0, 0.1) is 5.92 Å². The van der Waals surface area contributed by atoms with Crippen molar-refractivity contribution in [3.8, 4) is 5.75 Å². The number of methoxy groups -OCH3 is 1. The number of benzene rings is 1. The Morgan fingerprint density at radius 2 is 2.42 bits per heavy atom. The molecule has 4 heteroatoms. The molecule has 4 nitrogen and oxygen atoms in total. The molecule has 1 aromatic carbocycles. The summed E-state index contributed by atoms with van der Waals surface area (Å²) >= 11 is 0. The molecule has 2 N–H and O–H groups in total. The Morgan fingerprint density at radius 1 is 1.53 bits per heavy atom. The Kier molecular flexibility index (Phi) is 5.21. The molecule has 1 aliphatic heterocycles. The highest BCUT2D eigenvalue weighted by Crippen LogP contribution is 2.13. The lowest BCUT2D eigenvalue weighted by Gasteiger charge is -2.21. The van der Waals surface area contributed by atoms with Crippen molar-refractivity contribution in [1.82, 2.24) is 10.6 Å². The van der Waals surface area contributed by atoms with Gasteiger partial charge in [0.1, 0.15) is 5.75 Å². The molecule has 1 aromatic rings. The van der Waals surface area contributed by atoms with Crippen LogP contribution in [0.3, 0.4) is 0 Å². The van der Waals surface area contributed by atoms with E-state index in [-0.39, 0.29) is 11.8 Å². The zero-order valence-electron chi connectivity index (χ0n) is 11.4. The molecule has 0 aliphatic carbocycles. The lowest BCUT2D eigenvalue weighted by Crippen LogP contribution is -2.41. The number of hydrogen-bond acceptors (Lipinski definition) is 3. The molecule has 0 bridgehead atoms. The summed E-state index contributed by atoms with van der Waals surface area (Å²) in [4.78, 5) is 11.9. The third-order valence-corrected chi connectivity index (χ3v) is 3.51. The predicted octanol–water partition coefficient (Wildman–Crippen LogP) is 1.35. The Hall–Kier alpha value is -1.55. The monoisotopic (exact) mass is 262 g/mol. The van der Waals surface area contributed by atoms with Crippen molar-refractivity contribution in [3.05, 3.63) is 29.8 Å². The van der Waals surface area contributed by atoms with Gasteiger partial charge >= 0.3 is 0 Å². The van der Waals surface area contributed by atoms with Crippen LogP contribution in [0.1, 0.15) is 18.4 Å². The Labute approximate surface area is 114 Å². The Balaban J connectivity index is 1.74. The molecule has 1 fully saturated rings. The van der Waals surface area contributed by atoms with Gasteiger partial charge in [-0.25, -0.2) is 0 Å². The first kappa shape index (κ1) is 13.9. The van der Waals surface area contributed by atoms with Gasteiger partial charge in [0.25, 0.3) is 0 Å². The van der Waals surface area contributed by atoms with Crippen molar-refractivity contribution in [2.75, 3.05) is 26.7 Å². The van der Waals surface area contributed by atoms with Crippen LogP contribution in [0.2, 0.25) is 0 Å². The molecule has 0 radical (unpaired) electrons. The maximum absolute atomic E-state index is 11.9. The fraction of sp³-hybridized carbons (Fsp3) is 0.533. The van der Waals surface area contributed by atoms with Crippen LogP contribution in [0.25, 0.3) is 0 Å². The van der Waals surface area contributed by atoms with Crippen LogP contribution < -0.4 is 15.4 Å². The van der Waals surface area contributed by atoms with E-state index in [2.05, 4.69) is 16.7 Å². The van der Waals surface area contributed by atoms with E-state index in [4.69, 9.17) is 4.74 Å². The van der Waals surface area contributed by atoms with Crippen LogP contribution in [0.15, 0.2) is 24.3 Å². The molecular formula is C15H22N2O2. The van der Waals surface area contributed by atoms with E-state index in [9.17, 15) is 4.79 Å². The number of rotatable bonds is 5. The van der Waals surface area contributed by atoms with Crippen molar-refractivity contribution < 1.29 is 9.53 Å². The van der Waals surface area contributed by atoms with Gasteiger partial charge in [-0.3, -0.25) is 4.79 Å². The average molecular weight is 262 g/mol. The highest BCUT2D eigenvalue weighted by Gasteiger charge is 2.19. The van der Waals surface area contributed by atoms with Crippen molar-refractivity contribution in [1.29, 1.82) is 0 Å². The fourth-order valence-corrected chi connectivity index (χ4v) is 2.38. The number of amides is 1. The van der Waals surface area contributed by atoms with Gasteiger partial charge in [0.05, 0.1) is 13.0 Å². The van der Waals surface area contributed by atoms with Gasteiger partial charge in [0.15, 0.2) is 0 Å². The van der Waals surface area contributed by atoms with Gasteiger partial charge in [-0.05, 0) is 43.5 Å². The van der Waals surface area contributed by atoms with E-state index in [0.29, 0.717) is 6.54 Å². The van der Waals surface area contributed by atoms with Crippen molar-refractivity contribution in [2.24, 2.45) is 5.92 Å². The van der Waals surface area contributed by atoms with Gasteiger partial charge in [0, 0.05) is 13.1 Å². The zero-order valence-corrected chi connectivity index (χ0v) is 11.4. The van der Waals surface area contributed by atoms with Crippen LogP contribution in [0.5, 0.6) is 5.75 Å². The summed E-state index contributed by atoms with van der Waals surface area (Å²) in [6.07, 6.45) is 2.93. The van der Waals surface area contributed by atoms with Crippen LogP contribution >= 0.6 is 0 Å². The highest BCUT2D eigenvalue weighted by molar-refractivity contribution is 5.78. The zero-order chi connectivity index (χ0) is 13.5.